The Bertz CT molecular complexity index is 197. The molecule has 0 aliphatic heterocycles. The Morgan fingerprint density at radius 3 is 1.73 bits per heavy atom. The standard InChI is InChI=1S/C8H17.C2H6O3S.Na/c1-3-5-7-8-6-4-2;1-2-6(3,4)5;/h1,3-8H2,2H3;2H2,1H3,(H,3,4,5);. The first kappa shape index (κ1) is 18.3. The summed E-state index contributed by atoms with van der Waals surface area (Å²) in [5.74, 6) is -0.201. The maximum Gasteiger partial charge on any atom is 0.264 e. The van der Waals surface area contributed by atoms with Gasteiger partial charge in [0.15, 0.2) is 0 Å². The summed E-state index contributed by atoms with van der Waals surface area (Å²) in [5.41, 5.74) is 0. The second-order valence-corrected chi connectivity index (χ2v) is 6.38. The number of unbranched alkanes of at least 4 members (excludes halogenated alkanes) is 5. The number of rotatable bonds is 7. The van der Waals surface area contributed by atoms with Crippen molar-refractivity contribution in [3.63, 3.8) is 0 Å². The van der Waals surface area contributed by atoms with Crippen LogP contribution >= 0.6 is 0 Å². The fourth-order valence-corrected chi connectivity index (χ4v) is 1.53. The average Bonchev–Trinajstić information content (AvgIpc) is 2.18. The van der Waals surface area contributed by atoms with Gasteiger partial charge in [0.25, 0.3) is 10.1 Å². The molecule has 0 aliphatic carbocycles. The summed E-state index contributed by atoms with van der Waals surface area (Å²) in [7, 11) is -3.66. The molecule has 0 atom stereocenters. The van der Waals surface area contributed by atoms with Gasteiger partial charge in [-0.1, -0.05) is 0 Å². The van der Waals surface area contributed by atoms with Gasteiger partial charge in [-0.15, -0.1) is 0 Å². The van der Waals surface area contributed by atoms with E-state index in [9.17, 15) is 8.42 Å². The van der Waals surface area contributed by atoms with Crippen LogP contribution in [0.4, 0.5) is 0 Å². The van der Waals surface area contributed by atoms with E-state index < -0.39 is 10.1 Å². The second kappa shape index (κ2) is 13.0. The van der Waals surface area contributed by atoms with Crippen molar-refractivity contribution < 1.29 is 13.0 Å². The van der Waals surface area contributed by atoms with E-state index in [0.717, 1.165) is 0 Å². The minimum absolute atomic E-state index is 0.201. The molecule has 0 amide bonds. The van der Waals surface area contributed by atoms with Crippen molar-refractivity contribution in [1.82, 2.24) is 0 Å². The van der Waals surface area contributed by atoms with Gasteiger partial charge in [0.2, 0.25) is 0 Å². The van der Waals surface area contributed by atoms with Gasteiger partial charge in [-0.3, -0.25) is 4.55 Å². The van der Waals surface area contributed by atoms with Crippen LogP contribution in [-0.4, -0.2) is 46.7 Å². The molecule has 1 N–H and O–H groups in total. The van der Waals surface area contributed by atoms with Crippen LogP contribution in [0.2, 0.25) is 3.67 Å². The normalized spacial score (nSPS) is 10.7. The summed E-state index contributed by atoms with van der Waals surface area (Å²) in [6, 6.07) is 0. The third-order valence-corrected chi connectivity index (χ3v) is 3.51. The van der Waals surface area contributed by atoms with Crippen molar-refractivity contribution in [3.8, 4) is 0 Å². The monoisotopic (exact) mass is 246 g/mol. The van der Waals surface area contributed by atoms with E-state index >= 15 is 0 Å². The molecule has 0 fully saturated rings. The van der Waals surface area contributed by atoms with Gasteiger partial charge in [0.05, 0.1) is 5.75 Å². The second-order valence-electron chi connectivity index (χ2n) is 3.64. The van der Waals surface area contributed by atoms with Crippen molar-refractivity contribution >= 4 is 38.0 Å². The maximum atomic E-state index is 9.56. The molecule has 0 radical (unpaired) electrons. The average molecular weight is 246 g/mol. The molecule has 0 aromatic carbocycles. The molecule has 0 saturated heterocycles. The predicted octanol–water partition coefficient (Wildman–Crippen LogP) is 2.83. The van der Waals surface area contributed by atoms with E-state index in [1.165, 1.54) is 77.0 Å². The Labute approximate surface area is 112 Å². The SMILES string of the molecule is CCCCCCC[CH2][Na].CCS(=O)(=O)O. The summed E-state index contributed by atoms with van der Waals surface area (Å²) in [5, 5.41) is 0. The first-order valence-corrected chi connectivity index (χ1v) is 8.95. The molecule has 0 bridgehead atoms. The first-order chi connectivity index (χ1) is 6.97. The molecule has 5 heteroatoms. The molecule has 0 rings (SSSR count). The van der Waals surface area contributed by atoms with E-state index in [1.807, 2.05) is 0 Å². The Balaban J connectivity index is 0. The van der Waals surface area contributed by atoms with Gasteiger partial charge in [-0.05, 0) is 6.92 Å². The summed E-state index contributed by atoms with van der Waals surface area (Å²) in [4.78, 5) is 0. The van der Waals surface area contributed by atoms with Crippen LogP contribution in [0.1, 0.15) is 52.4 Å². The van der Waals surface area contributed by atoms with Crippen LogP contribution in [0, 0.1) is 0 Å². The molecule has 0 aliphatic rings. The van der Waals surface area contributed by atoms with Crippen LogP contribution in [0.3, 0.4) is 0 Å². The van der Waals surface area contributed by atoms with E-state index in [0.29, 0.717) is 0 Å². The van der Waals surface area contributed by atoms with Crippen LogP contribution in [0.25, 0.3) is 0 Å². The van der Waals surface area contributed by atoms with Crippen molar-refractivity contribution in [2.45, 2.75) is 56.0 Å². The third-order valence-electron chi connectivity index (χ3n) is 2.07. The smallest absolute Gasteiger partial charge is 0.264 e. The number of hydrogen-bond acceptors (Lipinski definition) is 2. The quantitative estimate of drug-likeness (QED) is 0.427. The van der Waals surface area contributed by atoms with E-state index in [1.54, 1.807) is 0 Å². The fraction of sp³-hybridized carbons (Fsp3) is 1.00. The van der Waals surface area contributed by atoms with Crippen LogP contribution in [-0.2, 0) is 10.1 Å². The van der Waals surface area contributed by atoms with Crippen LogP contribution < -0.4 is 0 Å². The molecule has 88 valence electrons. The largest absolute Gasteiger partial charge is 0.286 e. The molecule has 0 unspecified atom stereocenters. The molecule has 3 nitrogen and oxygen atoms in total. The fourth-order valence-electron chi connectivity index (χ4n) is 1.03. The zero-order valence-electron chi connectivity index (χ0n) is 10.3. The molecule has 15 heavy (non-hydrogen) atoms. The van der Waals surface area contributed by atoms with E-state index in [4.69, 9.17) is 4.55 Å². The summed E-state index contributed by atoms with van der Waals surface area (Å²) < 4.78 is 28.4. The minimum atomic E-state index is -3.66. The van der Waals surface area contributed by atoms with Crippen molar-refractivity contribution in [2.75, 3.05) is 5.75 Å². The Morgan fingerprint density at radius 2 is 1.40 bits per heavy atom. The topological polar surface area (TPSA) is 54.4 Å². The Hall–Kier alpha value is 0.910. The molecule has 0 aromatic heterocycles. The first-order valence-electron chi connectivity index (χ1n) is 5.93. The van der Waals surface area contributed by atoms with Crippen LogP contribution in [0.15, 0.2) is 0 Å². The third kappa shape index (κ3) is 25.3. The van der Waals surface area contributed by atoms with Gasteiger partial charge in [0.1, 0.15) is 0 Å². The predicted molar refractivity (Wildman–Crippen MR) is 66.0 cm³/mol. The van der Waals surface area contributed by atoms with Crippen molar-refractivity contribution in [2.24, 2.45) is 0 Å². The van der Waals surface area contributed by atoms with E-state index in [-0.39, 0.29) is 5.75 Å². The Morgan fingerprint density at radius 1 is 1.00 bits per heavy atom. The summed E-state index contributed by atoms with van der Waals surface area (Å²) in [6.07, 6.45) is 8.76. The van der Waals surface area contributed by atoms with Gasteiger partial charge >= 0.3 is 77.0 Å². The minimum Gasteiger partial charge on any atom is -0.286 e. The summed E-state index contributed by atoms with van der Waals surface area (Å²) >= 11 is 1.41. The van der Waals surface area contributed by atoms with Gasteiger partial charge < -0.3 is 0 Å². The van der Waals surface area contributed by atoms with Crippen LogP contribution in [0.5, 0.6) is 0 Å². The molecule has 0 aromatic rings. The molecule has 0 spiro atoms. The Kier molecular flexibility index (Phi) is 15.8. The molecule has 0 saturated carbocycles. The molecular formula is C10H23NaO3S. The zero-order chi connectivity index (χ0) is 12.2. The van der Waals surface area contributed by atoms with Crippen molar-refractivity contribution in [3.05, 3.63) is 0 Å². The van der Waals surface area contributed by atoms with Gasteiger partial charge in [-0.2, -0.15) is 8.42 Å². The summed E-state index contributed by atoms with van der Waals surface area (Å²) in [6.45, 7) is 3.64. The van der Waals surface area contributed by atoms with E-state index in [2.05, 4.69) is 6.92 Å². The maximum absolute atomic E-state index is 9.56. The molecule has 0 heterocycles. The van der Waals surface area contributed by atoms with Gasteiger partial charge in [-0.25, -0.2) is 0 Å². The zero-order valence-corrected chi connectivity index (χ0v) is 13.1. The van der Waals surface area contributed by atoms with Crippen molar-refractivity contribution in [1.29, 1.82) is 0 Å². The number of hydrogen-bond donors (Lipinski definition) is 1. The van der Waals surface area contributed by atoms with Gasteiger partial charge in [0, 0.05) is 0 Å². The molecular weight excluding hydrogens is 223 g/mol.